The van der Waals surface area contributed by atoms with E-state index in [1.165, 1.54) is 12.8 Å². The molecule has 1 unspecified atom stereocenters. The zero-order valence-corrected chi connectivity index (χ0v) is 16.2. The molecule has 6 heteroatoms. The lowest BCUT2D eigenvalue weighted by Gasteiger charge is -2.22. The van der Waals surface area contributed by atoms with Crippen molar-refractivity contribution in [3.05, 3.63) is 28.2 Å². The number of carbonyl (C=O) groups excluding carboxylic acids is 2. The minimum Gasteiger partial charge on any atom is -0.348 e. The van der Waals surface area contributed by atoms with Crippen LogP contribution in [0.2, 0.25) is 0 Å². The topological polar surface area (TPSA) is 62.6 Å². The van der Waals surface area contributed by atoms with E-state index in [1.807, 2.05) is 39.1 Å². The van der Waals surface area contributed by atoms with Crippen molar-refractivity contribution in [3.8, 4) is 0 Å². The second-order valence-corrected chi connectivity index (χ2v) is 7.66. The summed E-state index contributed by atoms with van der Waals surface area (Å²) >= 11 is 3.41. The summed E-state index contributed by atoms with van der Waals surface area (Å²) < 4.78 is 0.984. The monoisotopic (exact) mass is 396 g/mol. The molecule has 1 aliphatic carbocycles. The number of halogens is 1. The molecule has 1 aromatic carbocycles. The van der Waals surface area contributed by atoms with Crippen LogP contribution in [-0.2, 0) is 9.59 Å². The summed E-state index contributed by atoms with van der Waals surface area (Å²) in [5.41, 5.74) is 1.81. The van der Waals surface area contributed by atoms with Gasteiger partial charge in [-0.15, -0.1) is 0 Å². The van der Waals surface area contributed by atoms with Crippen molar-refractivity contribution in [3.63, 3.8) is 0 Å². The van der Waals surface area contributed by atoms with E-state index in [1.54, 1.807) is 0 Å². The van der Waals surface area contributed by atoms with Crippen LogP contribution < -0.4 is 15.5 Å². The van der Waals surface area contributed by atoms with Gasteiger partial charge in [-0.2, -0.15) is 0 Å². The number of aryl methyl sites for hydroxylation is 1. The highest BCUT2D eigenvalue weighted by molar-refractivity contribution is 9.10. The normalized spacial score (nSPS) is 17.3. The first-order chi connectivity index (χ1) is 11.4. The quantitative estimate of drug-likeness (QED) is 0.684. The van der Waals surface area contributed by atoms with E-state index >= 15 is 0 Å². The Morgan fingerprint density at radius 2 is 2.00 bits per heavy atom. The highest BCUT2D eigenvalue weighted by Gasteiger charge is 2.27. The Hall–Kier alpha value is -1.40. The molecule has 0 bridgehead atoms. The molecule has 0 saturated heterocycles. The van der Waals surface area contributed by atoms with Gasteiger partial charge in [0.15, 0.2) is 12.6 Å². The van der Waals surface area contributed by atoms with Gasteiger partial charge in [-0.05, 0) is 50.5 Å². The van der Waals surface area contributed by atoms with E-state index < -0.39 is 0 Å². The Kier molecular flexibility index (Phi) is 6.80. The molecule has 3 N–H and O–H groups in total. The van der Waals surface area contributed by atoms with E-state index in [0.29, 0.717) is 6.04 Å². The average Bonchev–Trinajstić information content (AvgIpc) is 3.02. The first-order valence-corrected chi connectivity index (χ1v) is 9.35. The van der Waals surface area contributed by atoms with Gasteiger partial charge in [0.2, 0.25) is 0 Å². The van der Waals surface area contributed by atoms with Crippen LogP contribution in [0.5, 0.6) is 0 Å². The summed E-state index contributed by atoms with van der Waals surface area (Å²) in [5, 5.41) is 6.02. The molecule has 5 nitrogen and oxygen atoms in total. The SMILES string of the molecule is Cc1cc(Br)ccc1NC(=O)C[NH+](C)[C@@H](C)C(=O)NC1CCCC1. The fourth-order valence-corrected chi connectivity index (χ4v) is 3.46. The van der Waals surface area contributed by atoms with Crippen molar-refractivity contribution >= 4 is 33.4 Å². The molecule has 2 atom stereocenters. The number of nitrogens with one attached hydrogen (secondary N) is 3. The second-order valence-electron chi connectivity index (χ2n) is 6.74. The van der Waals surface area contributed by atoms with Gasteiger partial charge >= 0.3 is 0 Å². The molecule has 24 heavy (non-hydrogen) atoms. The number of hydrogen-bond acceptors (Lipinski definition) is 2. The molecule has 1 aromatic rings. The molecular formula is C18H27BrN3O2+. The van der Waals surface area contributed by atoms with Gasteiger partial charge in [0, 0.05) is 16.2 Å². The zero-order valence-electron chi connectivity index (χ0n) is 14.6. The van der Waals surface area contributed by atoms with Gasteiger partial charge in [0.05, 0.1) is 7.05 Å². The van der Waals surface area contributed by atoms with E-state index in [-0.39, 0.29) is 24.4 Å². The molecule has 2 amide bonds. The largest absolute Gasteiger partial charge is 0.348 e. The van der Waals surface area contributed by atoms with Gasteiger partial charge in [-0.25, -0.2) is 0 Å². The summed E-state index contributed by atoms with van der Waals surface area (Å²) in [7, 11) is 1.88. The first-order valence-electron chi connectivity index (χ1n) is 8.55. The molecule has 1 aliphatic rings. The Labute approximate surface area is 152 Å². The fraction of sp³-hybridized carbons (Fsp3) is 0.556. The van der Waals surface area contributed by atoms with Crippen LogP contribution >= 0.6 is 15.9 Å². The summed E-state index contributed by atoms with van der Waals surface area (Å²) in [6, 6.07) is 5.80. The number of benzene rings is 1. The standard InChI is InChI=1S/C18H26BrN3O2/c1-12-10-14(19)8-9-16(12)21-17(23)11-22(3)13(2)18(24)20-15-6-4-5-7-15/h8-10,13,15H,4-7,11H2,1-3H3,(H,20,24)(H,21,23)/p+1/t13-/m0/s1. The van der Waals surface area contributed by atoms with E-state index in [4.69, 9.17) is 0 Å². The third-order valence-electron chi connectivity index (χ3n) is 4.74. The molecule has 0 spiro atoms. The van der Waals surface area contributed by atoms with Crippen LogP contribution in [0.1, 0.15) is 38.2 Å². The van der Waals surface area contributed by atoms with E-state index in [2.05, 4.69) is 26.6 Å². The van der Waals surface area contributed by atoms with Crippen LogP contribution in [0.15, 0.2) is 22.7 Å². The number of hydrogen-bond donors (Lipinski definition) is 3. The number of carbonyl (C=O) groups is 2. The van der Waals surface area contributed by atoms with Crippen LogP contribution in [0.4, 0.5) is 5.69 Å². The van der Waals surface area contributed by atoms with Crippen molar-refractivity contribution in [2.24, 2.45) is 0 Å². The van der Waals surface area contributed by atoms with Crippen molar-refractivity contribution < 1.29 is 14.5 Å². The van der Waals surface area contributed by atoms with Crippen molar-refractivity contribution in [1.29, 1.82) is 0 Å². The highest BCUT2D eigenvalue weighted by atomic mass is 79.9. The maximum Gasteiger partial charge on any atom is 0.279 e. The molecule has 1 fully saturated rings. The third-order valence-corrected chi connectivity index (χ3v) is 5.23. The number of likely N-dealkylation sites (N-methyl/N-ethyl adjacent to an activating group) is 1. The number of anilines is 1. The average molecular weight is 397 g/mol. The Bertz CT molecular complexity index is 600. The summed E-state index contributed by atoms with van der Waals surface area (Å²) in [5.74, 6) is -0.0505. The number of quaternary nitrogens is 1. The van der Waals surface area contributed by atoms with Crippen LogP contribution in [-0.4, -0.2) is 37.5 Å². The Morgan fingerprint density at radius 3 is 2.62 bits per heavy atom. The van der Waals surface area contributed by atoms with Crippen LogP contribution in [0.3, 0.4) is 0 Å². The van der Waals surface area contributed by atoms with Crippen molar-refractivity contribution in [1.82, 2.24) is 5.32 Å². The minimum atomic E-state index is -0.248. The van der Waals surface area contributed by atoms with Crippen molar-refractivity contribution in [2.75, 3.05) is 18.9 Å². The minimum absolute atomic E-state index is 0.0343. The molecule has 0 aromatic heterocycles. The third kappa shape index (κ3) is 5.31. The maximum atomic E-state index is 12.3. The van der Waals surface area contributed by atoms with E-state index in [0.717, 1.165) is 33.5 Å². The summed E-state index contributed by atoms with van der Waals surface area (Å²) in [4.78, 5) is 25.4. The van der Waals surface area contributed by atoms with Gasteiger partial charge in [-0.3, -0.25) is 9.59 Å². The lowest BCUT2D eigenvalue weighted by atomic mass is 10.2. The zero-order chi connectivity index (χ0) is 17.7. The molecular weight excluding hydrogens is 370 g/mol. The van der Waals surface area contributed by atoms with Crippen LogP contribution in [0.25, 0.3) is 0 Å². The Morgan fingerprint density at radius 1 is 1.33 bits per heavy atom. The second kappa shape index (κ2) is 8.62. The predicted molar refractivity (Wildman–Crippen MR) is 99.1 cm³/mol. The molecule has 1 saturated carbocycles. The maximum absolute atomic E-state index is 12.3. The molecule has 0 aliphatic heterocycles. The molecule has 0 radical (unpaired) electrons. The fourth-order valence-electron chi connectivity index (χ4n) is 2.99. The van der Waals surface area contributed by atoms with Gasteiger partial charge < -0.3 is 15.5 Å². The Balaban J connectivity index is 1.84. The molecule has 2 rings (SSSR count). The molecule has 132 valence electrons. The summed E-state index contributed by atoms with van der Waals surface area (Å²) in [6.07, 6.45) is 4.52. The predicted octanol–water partition coefficient (Wildman–Crippen LogP) is 1.66. The lowest BCUT2D eigenvalue weighted by molar-refractivity contribution is -0.885. The lowest BCUT2D eigenvalue weighted by Crippen LogP contribution is -3.15. The summed E-state index contributed by atoms with van der Waals surface area (Å²) in [6.45, 7) is 4.08. The smallest absolute Gasteiger partial charge is 0.279 e. The number of rotatable bonds is 6. The highest BCUT2D eigenvalue weighted by Crippen LogP contribution is 2.19. The first kappa shape index (κ1) is 18.9. The van der Waals surface area contributed by atoms with E-state index in [9.17, 15) is 9.59 Å². The van der Waals surface area contributed by atoms with Gasteiger partial charge in [0.25, 0.3) is 11.8 Å². The van der Waals surface area contributed by atoms with Crippen LogP contribution in [0, 0.1) is 6.92 Å². The van der Waals surface area contributed by atoms with Gasteiger partial charge in [-0.1, -0.05) is 28.8 Å². The number of amides is 2. The molecule has 0 heterocycles. The van der Waals surface area contributed by atoms with Crippen molar-refractivity contribution in [2.45, 2.75) is 51.6 Å². The van der Waals surface area contributed by atoms with Gasteiger partial charge in [0.1, 0.15) is 0 Å².